The number of carbonyl (C=O) groups is 2. The maximum Gasteiger partial charge on any atom is 0.310 e. The lowest BCUT2D eigenvalue weighted by atomic mass is 9.60. The first-order valence-corrected chi connectivity index (χ1v) is 12.7. The summed E-state index contributed by atoms with van der Waals surface area (Å²) >= 11 is 0. The lowest BCUT2D eigenvalue weighted by molar-refractivity contribution is -0.186. The van der Waals surface area contributed by atoms with E-state index in [9.17, 15) is 24.9 Å². The molecule has 0 bridgehead atoms. The second kappa shape index (κ2) is 8.01. The van der Waals surface area contributed by atoms with Gasteiger partial charge in [-0.3, -0.25) is 9.59 Å². The molecule has 0 aliphatic heterocycles. The van der Waals surface area contributed by atoms with Crippen molar-refractivity contribution in [1.82, 2.24) is 0 Å². The van der Waals surface area contributed by atoms with Crippen molar-refractivity contribution in [1.29, 1.82) is 0 Å². The van der Waals surface area contributed by atoms with Crippen LogP contribution in [0.2, 0.25) is 0 Å². The van der Waals surface area contributed by atoms with E-state index in [1.807, 2.05) is 39.0 Å². The zero-order valence-corrected chi connectivity index (χ0v) is 21.6. The molecule has 0 radical (unpaired) electrons. The van der Waals surface area contributed by atoms with Crippen molar-refractivity contribution in [3.63, 3.8) is 0 Å². The minimum Gasteiger partial charge on any atom is -0.497 e. The molecule has 0 amide bonds. The van der Waals surface area contributed by atoms with E-state index in [1.165, 1.54) is 0 Å². The molecule has 2 saturated carbocycles. The molecule has 3 N–H and O–H groups in total. The van der Waals surface area contributed by atoms with Crippen molar-refractivity contribution in [3.8, 4) is 5.75 Å². The maximum absolute atomic E-state index is 13.1. The van der Waals surface area contributed by atoms with E-state index >= 15 is 0 Å². The van der Waals surface area contributed by atoms with Crippen LogP contribution in [-0.2, 0) is 20.7 Å². The summed E-state index contributed by atoms with van der Waals surface area (Å²) in [6.45, 7) is 7.33. The number of hydrogen-bond donors (Lipinski definition) is 3. The molecule has 0 spiro atoms. The number of aliphatic hydroxyl groups is 3. The Morgan fingerprint density at radius 3 is 2.42 bits per heavy atom. The van der Waals surface area contributed by atoms with Gasteiger partial charge in [0.2, 0.25) is 0 Å². The standard InChI is InChI=1S/C29H36O7/c1-16-10-22-27(33,25(16)32)14-19(15-30)11-21-24-26(3,4)28(24,13-17(2)29(21,22)34)36-23(31)12-18-6-8-20(35-5)9-7-18/h6-11,17,21-22,24,30,33-34H,12-15H2,1-5H3/t17-,21+,22-,24-,27-,28+,29-/m1/s1. The summed E-state index contributed by atoms with van der Waals surface area (Å²) in [5.74, 6) is -1.93. The third-order valence-electron chi connectivity index (χ3n) is 9.68. The molecule has 0 saturated heterocycles. The van der Waals surface area contributed by atoms with E-state index in [-0.39, 0.29) is 37.3 Å². The molecule has 4 aliphatic rings. The zero-order valence-electron chi connectivity index (χ0n) is 21.6. The predicted molar refractivity (Wildman–Crippen MR) is 132 cm³/mol. The van der Waals surface area contributed by atoms with Gasteiger partial charge < -0.3 is 24.8 Å². The molecular formula is C29H36O7. The first kappa shape index (κ1) is 25.2. The van der Waals surface area contributed by atoms with Crippen molar-refractivity contribution in [2.24, 2.45) is 29.1 Å². The number of methoxy groups -OCH3 is 1. The van der Waals surface area contributed by atoms with Crippen molar-refractivity contribution in [2.75, 3.05) is 13.7 Å². The first-order valence-electron chi connectivity index (χ1n) is 12.7. The van der Waals surface area contributed by atoms with Gasteiger partial charge in [-0.2, -0.15) is 0 Å². The average Bonchev–Trinajstić information content (AvgIpc) is 3.23. The van der Waals surface area contributed by atoms with Crippen molar-refractivity contribution < 1.29 is 34.4 Å². The van der Waals surface area contributed by atoms with Gasteiger partial charge in [-0.25, -0.2) is 0 Å². The van der Waals surface area contributed by atoms with Crippen molar-refractivity contribution in [3.05, 3.63) is 53.1 Å². The summed E-state index contributed by atoms with van der Waals surface area (Å²) in [4.78, 5) is 26.2. The van der Waals surface area contributed by atoms with Crippen LogP contribution in [0.25, 0.3) is 0 Å². The van der Waals surface area contributed by atoms with Gasteiger partial charge in [-0.05, 0) is 48.1 Å². The smallest absolute Gasteiger partial charge is 0.310 e. The van der Waals surface area contributed by atoms with Gasteiger partial charge in [0, 0.05) is 29.6 Å². The quantitative estimate of drug-likeness (QED) is 0.424. The van der Waals surface area contributed by atoms with Crippen molar-refractivity contribution >= 4 is 11.8 Å². The molecular weight excluding hydrogens is 460 g/mol. The largest absolute Gasteiger partial charge is 0.497 e. The van der Waals surface area contributed by atoms with Gasteiger partial charge in [0.15, 0.2) is 5.78 Å². The third kappa shape index (κ3) is 3.22. The summed E-state index contributed by atoms with van der Waals surface area (Å²) in [5, 5.41) is 34.0. The second-order valence-electron chi connectivity index (χ2n) is 11.8. The van der Waals surface area contributed by atoms with E-state index in [0.717, 1.165) is 5.56 Å². The van der Waals surface area contributed by atoms with Gasteiger partial charge in [-0.15, -0.1) is 0 Å². The Morgan fingerprint density at radius 1 is 1.14 bits per heavy atom. The number of benzene rings is 1. The predicted octanol–water partition coefficient (Wildman–Crippen LogP) is 2.76. The molecule has 0 unspecified atom stereocenters. The summed E-state index contributed by atoms with van der Waals surface area (Å²) in [5.41, 5.74) is -2.67. The Bertz CT molecular complexity index is 1160. The molecule has 5 rings (SSSR count). The number of ketones is 1. The van der Waals surface area contributed by atoms with Crippen LogP contribution in [-0.4, -0.2) is 57.6 Å². The number of aliphatic hydroxyl groups excluding tert-OH is 1. The van der Waals surface area contributed by atoms with Gasteiger partial charge in [-0.1, -0.05) is 45.1 Å². The van der Waals surface area contributed by atoms with E-state index in [2.05, 4.69) is 0 Å². The lowest BCUT2D eigenvalue weighted by Gasteiger charge is -2.50. The Balaban J connectivity index is 1.49. The number of rotatable bonds is 5. The van der Waals surface area contributed by atoms with Crippen LogP contribution in [0.15, 0.2) is 47.6 Å². The number of Topliss-reactive ketones (excluding diaryl/α,β-unsaturated/α-hetero) is 1. The van der Waals surface area contributed by atoms with E-state index in [1.54, 1.807) is 32.2 Å². The molecule has 7 heteroatoms. The Morgan fingerprint density at radius 2 is 1.81 bits per heavy atom. The van der Waals surface area contributed by atoms with Crippen LogP contribution >= 0.6 is 0 Å². The zero-order chi connectivity index (χ0) is 26.3. The number of carbonyl (C=O) groups excluding carboxylic acids is 2. The highest BCUT2D eigenvalue weighted by Crippen LogP contribution is 2.76. The SMILES string of the molecule is COc1ccc(CC(=O)O[C@@]23C[C@@H](C)[C@@]4(O)[C@@H](C=C(CO)C[C@]5(O)C(=O)C(C)=C[C@@H]45)[C@@H]2C3(C)C)cc1. The highest BCUT2D eigenvalue weighted by Gasteiger charge is 2.83. The number of ether oxygens (including phenoxy) is 2. The highest BCUT2D eigenvalue weighted by molar-refractivity contribution is 6.04. The lowest BCUT2D eigenvalue weighted by Crippen LogP contribution is -2.61. The van der Waals surface area contributed by atoms with Crippen LogP contribution in [0.3, 0.4) is 0 Å². The van der Waals surface area contributed by atoms with E-state index in [0.29, 0.717) is 23.3 Å². The summed E-state index contributed by atoms with van der Waals surface area (Å²) in [6, 6.07) is 7.28. The van der Waals surface area contributed by atoms with Gasteiger partial charge >= 0.3 is 5.97 Å². The number of hydrogen-bond acceptors (Lipinski definition) is 7. The Kier molecular flexibility index (Phi) is 5.60. The monoisotopic (exact) mass is 496 g/mol. The summed E-state index contributed by atoms with van der Waals surface area (Å²) in [7, 11) is 1.59. The Labute approximate surface area is 211 Å². The minimum absolute atomic E-state index is 0.0240. The average molecular weight is 497 g/mol. The fourth-order valence-corrected chi connectivity index (χ4v) is 7.75. The van der Waals surface area contributed by atoms with Crippen LogP contribution < -0.4 is 4.74 Å². The van der Waals surface area contributed by atoms with Crippen LogP contribution in [0.5, 0.6) is 5.75 Å². The molecule has 4 aliphatic carbocycles. The van der Waals surface area contributed by atoms with Gasteiger partial charge in [0.05, 0.1) is 25.7 Å². The molecule has 36 heavy (non-hydrogen) atoms. The van der Waals surface area contributed by atoms with E-state index < -0.39 is 39.8 Å². The second-order valence-corrected chi connectivity index (χ2v) is 11.8. The molecule has 1 aromatic carbocycles. The highest BCUT2D eigenvalue weighted by atomic mass is 16.6. The van der Waals surface area contributed by atoms with Gasteiger partial charge in [0.25, 0.3) is 0 Å². The first-order chi connectivity index (χ1) is 16.8. The summed E-state index contributed by atoms with van der Waals surface area (Å²) < 4.78 is 11.5. The number of fused-ring (bicyclic) bond motifs is 5. The fourth-order valence-electron chi connectivity index (χ4n) is 7.75. The molecule has 0 heterocycles. The number of esters is 1. The third-order valence-corrected chi connectivity index (χ3v) is 9.68. The molecule has 0 aromatic heterocycles. The molecule has 2 fully saturated rings. The molecule has 194 valence electrons. The van der Waals surface area contributed by atoms with Crippen LogP contribution in [0, 0.1) is 29.1 Å². The summed E-state index contributed by atoms with van der Waals surface area (Å²) in [6.07, 6.45) is 4.06. The normalized spacial score (nSPS) is 40.2. The van der Waals surface area contributed by atoms with Crippen LogP contribution in [0.4, 0.5) is 0 Å². The molecule has 7 nitrogen and oxygen atoms in total. The molecule has 7 atom stereocenters. The topological polar surface area (TPSA) is 113 Å². The van der Waals surface area contributed by atoms with Gasteiger partial charge in [0.1, 0.15) is 17.0 Å². The fraction of sp³-hybridized carbons (Fsp3) is 0.586. The maximum atomic E-state index is 13.1. The van der Waals surface area contributed by atoms with Crippen molar-refractivity contribution in [2.45, 2.75) is 63.8 Å². The minimum atomic E-state index is -1.79. The van der Waals surface area contributed by atoms with Crippen LogP contribution in [0.1, 0.15) is 46.1 Å². The molecule has 1 aromatic rings. The van der Waals surface area contributed by atoms with E-state index in [4.69, 9.17) is 9.47 Å². The Hall–Kier alpha value is -2.48.